The maximum Gasteiger partial charge on any atom is 0.262 e. The van der Waals surface area contributed by atoms with Gasteiger partial charge in [0.2, 0.25) is 5.89 Å². The smallest absolute Gasteiger partial charge is 0.262 e. The lowest BCUT2D eigenvalue weighted by molar-refractivity contribution is -0.118. The molecule has 32 heavy (non-hydrogen) atoms. The van der Waals surface area contributed by atoms with Gasteiger partial charge in [0.25, 0.3) is 5.91 Å². The molecule has 0 aliphatic rings. The first-order valence-corrected chi connectivity index (χ1v) is 10.9. The number of benzene rings is 3. The topological polar surface area (TPSA) is 64.4 Å². The number of rotatable bonds is 6. The number of hydrogen-bond donors (Lipinski definition) is 1. The number of oxazole rings is 1. The van der Waals surface area contributed by atoms with Crippen LogP contribution in [-0.4, -0.2) is 17.5 Å². The lowest BCUT2D eigenvalue weighted by Crippen LogP contribution is -2.20. The minimum atomic E-state index is -0.244. The van der Waals surface area contributed by atoms with Crippen molar-refractivity contribution in [2.45, 2.75) is 33.6 Å². The van der Waals surface area contributed by atoms with Gasteiger partial charge in [-0.15, -0.1) is 0 Å². The van der Waals surface area contributed by atoms with Crippen LogP contribution in [0, 0.1) is 13.8 Å². The molecular formula is C26H25ClN2O3. The maximum absolute atomic E-state index is 12.3. The van der Waals surface area contributed by atoms with E-state index in [1.165, 1.54) is 5.56 Å². The number of halogens is 1. The predicted molar refractivity (Wildman–Crippen MR) is 129 cm³/mol. The Labute approximate surface area is 192 Å². The number of fused-ring (bicyclic) bond motifs is 1. The number of aromatic nitrogens is 1. The molecule has 0 spiro atoms. The van der Waals surface area contributed by atoms with Crippen molar-refractivity contribution in [3.05, 3.63) is 76.3 Å². The van der Waals surface area contributed by atoms with Crippen molar-refractivity contribution in [2.75, 3.05) is 11.9 Å². The SMILES string of the molecule is Cc1cc(OCC(=O)Nc2ccc(-c3nc4cc(C(C)C)ccc4o3)cc2)cc(C)c1Cl. The fourth-order valence-electron chi connectivity index (χ4n) is 3.46. The van der Waals surface area contributed by atoms with Gasteiger partial charge in [-0.1, -0.05) is 31.5 Å². The second kappa shape index (κ2) is 9.05. The molecule has 0 atom stereocenters. The molecule has 0 aliphatic carbocycles. The molecule has 0 radical (unpaired) electrons. The highest BCUT2D eigenvalue weighted by atomic mass is 35.5. The van der Waals surface area contributed by atoms with Gasteiger partial charge in [0.15, 0.2) is 12.2 Å². The number of hydrogen-bond acceptors (Lipinski definition) is 4. The van der Waals surface area contributed by atoms with E-state index < -0.39 is 0 Å². The Kier molecular flexibility index (Phi) is 6.19. The molecule has 164 valence electrons. The summed E-state index contributed by atoms with van der Waals surface area (Å²) in [5, 5.41) is 3.55. The van der Waals surface area contributed by atoms with Crippen molar-refractivity contribution >= 4 is 34.3 Å². The average molecular weight is 449 g/mol. The summed E-state index contributed by atoms with van der Waals surface area (Å²) < 4.78 is 11.5. The highest BCUT2D eigenvalue weighted by Crippen LogP contribution is 2.28. The standard InChI is InChI=1S/C26H25ClN2O3/c1-15(2)19-7-10-23-22(13-19)29-26(32-23)18-5-8-20(9-6-18)28-24(30)14-31-21-11-16(3)25(27)17(4)12-21/h5-13,15H,14H2,1-4H3,(H,28,30). The molecular weight excluding hydrogens is 424 g/mol. The fourth-order valence-corrected chi connectivity index (χ4v) is 3.57. The molecule has 4 aromatic rings. The normalized spacial score (nSPS) is 11.2. The van der Waals surface area contributed by atoms with Crippen molar-refractivity contribution in [2.24, 2.45) is 0 Å². The van der Waals surface area contributed by atoms with Crippen LogP contribution in [0.3, 0.4) is 0 Å². The van der Waals surface area contributed by atoms with Crippen LogP contribution in [0.5, 0.6) is 5.75 Å². The summed E-state index contributed by atoms with van der Waals surface area (Å²) in [6.45, 7) is 8.02. The van der Waals surface area contributed by atoms with Gasteiger partial charge < -0.3 is 14.5 Å². The first-order chi connectivity index (χ1) is 15.3. The predicted octanol–water partition coefficient (Wildman–Crippen LogP) is 6.91. The molecule has 1 N–H and O–H groups in total. The van der Waals surface area contributed by atoms with Crippen LogP contribution in [0.25, 0.3) is 22.6 Å². The number of anilines is 1. The van der Waals surface area contributed by atoms with E-state index in [-0.39, 0.29) is 12.5 Å². The third-order valence-corrected chi connectivity index (χ3v) is 5.87. The Morgan fingerprint density at radius 3 is 2.41 bits per heavy atom. The molecule has 0 saturated carbocycles. The van der Waals surface area contributed by atoms with Gasteiger partial charge in [0.05, 0.1) is 0 Å². The number of nitrogens with zero attached hydrogens (tertiary/aromatic N) is 1. The highest BCUT2D eigenvalue weighted by Gasteiger charge is 2.11. The van der Waals surface area contributed by atoms with E-state index in [9.17, 15) is 4.79 Å². The van der Waals surface area contributed by atoms with Gasteiger partial charge in [-0.25, -0.2) is 4.98 Å². The Bertz CT molecular complexity index is 1250. The van der Waals surface area contributed by atoms with Gasteiger partial charge in [-0.3, -0.25) is 4.79 Å². The molecule has 4 rings (SSSR count). The molecule has 0 unspecified atom stereocenters. The number of aryl methyl sites for hydroxylation is 2. The van der Waals surface area contributed by atoms with Gasteiger partial charge in [0, 0.05) is 16.3 Å². The second-order valence-corrected chi connectivity index (χ2v) is 8.56. The van der Waals surface area contributed by atoms with Crippen LogP contribution in [-0.2, 0) is 4.79 Å². The monoisotopic (exact) mass is 448 g/mol. The van der Waals surface area contributed by atoms with Crippen LogP contribution >= 0.6 is 11.6 Å². The summed E-state index contributed by atoms with van der Waals surface area (Å²) in [4.78, 5) is 16.9. The van der Waals surface area contributed by atoms with E-state index in [4.69, 9.17) is 20.8 Å². The van der Waals surface area contributed by atoms with Gasteiger partial charge in [-0.2, -0.15) is 0 Å². The van der Waals surface area contributed by atoms with Crippen molar-refractivity contribution in [3.8, 4) is 17.2 Å². The summed E-state index contributed by atoms with van der Waals surface area (Å²) in [6.07, 6.45) is 0. The highest BCUT2D eigenvalue weighted by molar-refractivity contribution is 6.32. The summed E-state index contributed by atoms with van der Waals surface area (Å²) in [5.41, 5.74) is 6.16. The Hall–Kier alpha value is -3.31. The van der Waals surface area contributed by atoms with E-state index in [1.807, 2.05) is 56.3 Å². The number of ether oxygens (including phenoxy) is 1. The molecule has 0 bridgehead atoms. The van der Waals surface area contributed by atoms with Crippen LogP contribution in [0.15, 0.2) is 59.0 Å². The van der Waals surface area contributed by atoms with E-state index in [0.717, 1.165) is 27.8 Å². The van der Waals surface area contributed by atoms with E-state index in [2.05, 4.69) is 36.3 Å². The van der Waals surface area contributed by atoms with Crippen molar-refractivity contribution < 1.29 is 13.9 Å². The van der Waals surface area contributed by atoms with Crippen molar-refractivity contribution in [1.29, 1.82) is 0 Å². The lowest BCUT2D eigenvalue weighted by atomic mass is 10.0. The quantitative estimate of drug-likeness (QED) is 0.348. The zero-order valence-corrected chi connectivity index (χ0v) is 19.3. The Morgan fingerprint density at radius 2 is 1.75 bits per heavy atom. The van der Waals surface area contributed by atoms with Crippen LogP contribution < -0.4 is 10.1 Å². The molecule has 0 saturated heterocycles. The second-order valence-electron chi connectivity index (χ2n) is 8.19. The molecule has 0 aliphatic heterocycles. The van der Waals surface area contributed by atoms with Gasteiger partial charge in [0.1, 0.15) is 11.3 Å². The molecule has 0 fully saturated rings. The lowest BCUT2D eigenvalue weighted by Gasteiger charge is -2.10. The van der Waals surface area contributed by atoms with Gasteiger partial charge >= 0.3 is 0 Å². The van der Waals surface area contributed by atoms with Crippen LogP contribution in [0.1, 0.15) is 36.5 Å². The molecule has 5 nitrogen and oxygen atoms in total. The third kappa shape index (κ3) is 4.78. The molecule has 3 aromatic carbocycles. The fraction of sp³-hybridized carbons (Fsp3) is 0.231. The number of carbonyl (C=O) groups excluding carboxylic acids is 1. The molecule has 1 amide bonds. The Balaban J connectivity index is 1.40. The summed E-state index contributed by atoms with van der Waals surface area (Å²) >= 11 is 6.17. The van der Waals surface area contributed by atoms with E-state index in [0.29, 0.717) is 28.3 Å². The minimum Gasteiger partial charge on any atom is -0.484 e. The summed E-state index contributed by atoms with van der Waals surface area (Å²) in [7, 11) is 0. The first kappa shape index (κ1) is 21.9. The third-order valence-electron chi connectivity index (χ3n) is 5.27. The van der Waals surface area contributed by atoms with E-state index in [1.54, 1.807) is 0 Å². The number of nitrogens with one attached hydrogen (secondary N) is 1. The Morgan fingerprint density at radius 1 is 1.06 bits per heavy atom. The molecule has 1 heterocycles. The zero-order chi connectivity index (χ0) is 22.8. The van der Waals surface area contributed by atoms with Crippen LogP contribution in [0.4, 0.5) is 5.69 Å². The summed E-state index contributed by atoms with van der Waals surface area (Å²) in [6, 6.07) is 17.1. The zero-order valence-electron chi connectivity index (χ0n) is 18.5. The minimum absolute atomic E-state index is 0.0917. The van der Waals surface area contributed by atoms with Gasteiger partial charge in [-0.05, 0) is 85.0 Å². The van der Waals surface area contributed by atoms with Crippen molar-refractivity contribution in [1.82, 2.24) is 4.98 Å². The maximum atomic E-state index is 12.3. The van der Waals surface area contributed by atoms with Crippen LogP contribution in [0.2, 0.25) is 5.02 Å². The summed E-state index contributed by atoms with van der Waals surface area (Å²) in [5.74, 6) is 1.35. The largest absolute Gasteiger partial charge is 0.484 e. The molecule has 1 aromatic heterocycles. The molecule has 6 heteroatoms. The first-order valence-electron chi connectivity index (χ1n) is 10.5. The van der Waals surface area contributed by atoms with Crippen molar-refractivity contribution in [3.63, 3.8) is 0 Å². The number of carbonyl (C=O) groups is 1. The average Bonchev–Trinajstić information content (AvgIpc) is 3.20. The van der Waals surface area contributed by atoms with E-state index >= 15 is 0 Å². The number of amides is 1.